The van der Waals surface area contributed by atoms with Crippen LogP contribution in [0.2, 0.25) is 0 Å². The third-order valence-electron chi connectivity index (χ3n) is 4.01. The maximum atomic E-state index is 12.2. The lowest BCUT2D eigenvalue weighted by Gasteiger charge is -2.11. The predicted octanol–water partition coefficient (Wildman–Crippen LogP) is 3.58. The molecule has 1 aromatic carbocycles. The lowest BCUT2D eigenvalue weighted by molar-refractivity contribution is 0.0953. The van der Waals surface area contributed by atoms with Crippen molar-refractivity contribution in [3.05, 3.63) is 41.2 Å². The number of rotatable bonds is 9. The quantitative estimate of drug-likeness (QED) is 0.548. The molecule has 2 aromatic rings. The largest absolute Gasteiger partial charge is 0.352 e. The van der Waals surface area contributed by atoms with E-state index in [-0.39, 0.29) is 5.91 Å². The summed E-state index contributed by atoms with van der Waals surface area (Å²) in [6.07, 6.45) is 4.67. The highest BCUT2D eigenvalue weighted by Gasteiger charge is 2.12. The van der Waals surface area contributed by atoms with E-state index >= 15 is 0 Å². The third kappa shape index (κ3) is 5.59. The monoisotopic (exact) mass is 360 g/mol. The fraction of sp³-hybridized carbons (Fsp3) is 0.526. The van der Waals surface area contributed by atoms with Gasteiger partial charge in [0.05, 0.1) is 0 Å². The Bertz CT molecular complexity index is 679. The van der Waals surface area contributed by atoms with Gasteiger partial charge in [-0.15, -0.1) is 10.2 Å². The SMILES string of the molecule is CCc1ccc(C(=O)NCCCc2nnc(SC)n2CC(C)C)cc1. The molecule has 1 amide bonds. The average molecular weight is 361 g/mol. The zero-order valence-electron chi connectivity index (χ0n) is 15.6. The fourth-order valence-corrected chi connectivity index (χ4v) is 3.17. The highest BCUT2D eigenvalue weighted by Crippen LogP contribution is 2.16. The molecule has 2 rings (SSSR count). The number of carbonyl (C=O) groups excluding carboxylic acids is 1. The first-order valence-corrected chi connectivity index (χ1v) is 10.1. The van der Waals surface area contributed by atoms with Gasteiger partial charge in [0.25, 0.3) is 5.91 Å². The number of aromatic nitrogens is 3. The maximum absolute atomic E-state index is 12.2. The van der Waals surface area contributed by atoms with Crippen molar-refractivity contribution in [2.75, 3.05) is 12.8 Å². The summed E-state index contributed by atoms with van der Waals surface area (Å²) in [6.45, 7) is 8.05. The summed E-state index contributed by atoms with van der Waals surface area (Å²) in [4.78, 5) is 12.2. The molecule has 0 aliphatic heterocycles. The number of benzene rings is 1. The van der Waals surface area contributed by atoms with Crippen LogP contribution in [-0.4, -0.2) is 33.5 Å². The van der Waals surface area contributed by atoms with E-state index in [1.165, 1.54) is 5.56 Å². The van der Waals surface area contributed by atoms with Crippen LogP contribution in [0.4, 0.5) is 0 Å². The van der Waals surface area contributed by atoms with Gasteiger partial charge in [-0.3, -0.25) is 4.79 Å². The molecule has 25 heavy (non-hydrogen) atoms. The Morgan fingerprint density at radius 3 is 2.56 bits per heavy atom. The van der Waals surface area contributed by atoms with Gasteiger partial charge >= 0.3 is 0 Å². The van der Waals surface area contributed by atoms with E-state index in [9.17, 15) is 4.79 Å². The van der Waals surface area contributed by atoms with Crippen LogP contribution in [0.5, 0.6) is 0 Å². The minimum absolute atomic E-state index is 0.0175. The Balaban J connectivity index is 1.84. The van der Waals surface area contributed by atoms with E-state index in [1.54, 1.807) is 11.8 Å². The second-order valence-electron chi connectivity index (χ2n) is 6.52. The summed E-state index contributed by atoms with van der Waals surface area (Å²) in [5.41, 5.74) is 1.95. The lowest BCUT2D eigenvalue weighted by Crippen LogP contribution is -2.25. The molecule has 0 aliphatic rings. The number of aryl methyl sites for hydroxylation is 2. The summed E-state index contributed by atoms with van der Waals surface area (Å²) < 4.78 is 2.20. The second-order valence-corrected chi connectivity index (χ2v) is 7.29. The van der Waals surface area contributed by atoms with Gasteiger partial charge < -0.3 is 9.88 Å². The van der Waals surface area contributed by atoms with Gasteiger partial charge in [0.1, 0.15) is 5.82 Å². The molecule has 0 saturated heterocycles. The van der Waals surface area contributed by atoms with Crippen molar-refractivity contribution >= 4 is 17.7 Å². The van der Waals surface area contributed by atoms with E-state index in [1.807, 2.05) is 30.5 Å². The molecule has 1 heterocycles. The molecule has 5 nitrogen and oxygen atoms in total. The maximum Gasteiger partial charge on any atom is 0.251 e. The van der Waals surface area contributed by atoms with Crippen LogP contribution >= 0.6 is 11.8 Å². The van der Waals surface area contributed by atoms with E-state index in [0.717, 1.165) is 36.8 Å². The summed E-state index contributed by atoms with van der Waals surface area (Å²) in [7, 11) is 0. The zero-order chi connectivity index (χ0) is 18.2. The van der Waals surface area contributed by atoms with Crippen molar-refractivity contribution in [2.45, 2.75) is 51.7 Å². The van der Waals surface area contributed by atoms with Crippen molar-refractivity contribution in [2.24, 2.45) is 5.92 Å². The highest BCUT2D eigenvalue weighted by atomic mass is 32.2. The Morgan fingerprint density at radius 2 is 1.96 bits per heavy atom. The molecular formula is C19H28N4OS. The van der Waals surface area contributed by atoms with E-state index in [2.05, 4.69) is 40.9 Å². The van der Waals surface area contributed by atoms with Crippen LogP contribution in [0, 0.1) is 5.92 Å². The summed E-state index contributed by atoms with van der Waals surface area (Å²) in [5, 5.41) is 12.5. The van der Waals surface area contributed by atoms with Gasteiger partial charge in [-0.1, -0.05) is 44.7 Å². The number of hydrogen-bond acceptors (Lipinski definition) is 4. The van der Waals surface area contributed by atoms with Gasteiger partial charge in [0.15, 0.2) is 5.16 Å². The molecule has 0 atom stereocenters. The second kappa shape index (κ2) is 9.61. The Hall–Kier alpha value is -1.82. The van der Waals surface area contributed by atoms with Gasteiger partial charge in [-0.2, -0.15) is 0 Å². The molecule has 0 fully saturated rings. The van der Waals surface area contributed by atoms with Crippen molar-refractivity contribution < 1.29 is 4.79 Å². The first-order chi connectivity index (χ1) is 12.0. The first-order valence-electron chi connectivity index (χ1n) is 8.88. The van der Waals surface area contributed by atoms with Crippen LogP contribution in [0.25, 0.3) is 0 Å². The van der Waals surface area contributed by atoms with Crippen LogP contribution in [0.15, 0.2) is 29.4 Å². The molecule has 6 heteroatoms. The molecule has 1 N–H and O–H groups in total. The normalized spacial score (nSPS) is 11.1. The molecule has 0 bridgehead atoms. The number of hydrogen-bond donors (Lipinski definition) is 1. The summed E-state index contributed by atoms with van der Waals surface area (Å²) in [6, 6.07) is 7.79. The lowest BCUT2D eigenvalue weighted by atomic mass is 10.1. The number of nitrogens with zero attached hydrogens (tertiary/aromatic N) is 3. The van der Waals surface area contributed by atoms with Crippen molar-refractivity contribution in [3.63, 3.8) is 0 Å². The van der Waals surface area contributed by atoms with Crippen molar-refractivity contribution in [1.29, 1.82) is 0 Å². The van der Waals surface area contributed by atoms with Crippen LogP contribution in [0.1, 0.15) is 48.9 Å². The van der Waals surface area contributed by atoms with Crippen LogP contribution in [-0.2, 0) is 19.4 Å². The molecule has 0 aliphatic carbocycles. The van der Waals surface area contributed by atoms with Crippen LogP contribution < -0.4 is 5.32 Å². The Labute approximate surface area is 154 Å². The summed E-state index contributed by atoms with van der Waals surface area (Å²) >= 11 is 1.62. The van der Waals surface area contributed by atoms with Crippen molar-refractivity contribution in [3.8, 4) is 0 Å². The van der Waals surface area contributed by atoms with E-state index in [0.29, 0.717) is 18.0 Å². The Kier molecular flexibility index (Phi) is 7.50. The molecule has 0 unspecified atom stereocenters. The van der Waals surface area contributed by atoms with E-state index in [4.69, 9.17) is 0 Å². The predicted molar refractivity (Wildman–Crippen MR) is 103 cm³/mol. The first kappa shape index (κ1) is 19.5. The molecule has 0 radical (unpaired) electrons. The van der Waals surface area contributed by atoms with Crippen LogP contribution in [0.3, 0.4) is 0 Å². The van der Waals surface area contributed by atoms with Gasteiger partial charge in [-0.05, 0) is 42.7 Å². The summed E-state index contributed by atoms with van der Waals surface area (Å²) in [5.74, 6) is 1.53. The smallest absolute Gasteiger partial charge is 0.251 e. The molecular weight excluding hydrogens is 332 g/mol. The molecule has 0 spiro atoms. The minimum atomic E-state index is -0.0175. The highest BCUT2D eigenvalue weighted by molar-refractivity contribution is 7.98. The molecule has 1 aromatic heterocycles. The minimum Gasteiger partial charge on any atom is -0.352 e. The average Bonchev–Trinajstić information content (AvgIpc) is 2.99. The number of carbonyl (C=O) groups is 1. The molecule has 136 valence electrons. The number of amides is 1. The molecule has 0 saturated carbocycles. The van der Waals surface area contributed by atoms with Crippen molar-refractivity contribution in [1.82, 2.24) is 20.1 Å². The fourth-order valence-electron chi connectivity index (χ4n) is 2.65. The van der Waals surface area contributed by atoms with Gasteiger partial charge in [0.2, 0.25) is 0 Å². The van der Waals surface area contributed by atoms with E-state index < -0.39 is 0 Å². The number of thioether (sulfide) groups is 1. The zero-order valence-corrected chi connectivity index (χ0v) is 16.4. The third-order valence-corrected chi connectivity index (χ3v) is 4.68. The number of nitrogens with one attached hydrogen (secondary N) is 1. The standard InChI is InChI=1S/C19H28N4OS/c1-5-15-8-10-16(11-9-15)18(24)20-12-6-7-17-21-22-19(25-4)23(17)13-14(2)3/h8-11,14H,5-7,12-13H2,1-4H3,(H,20,24). The topological polar surface area (TPSA) is 59.8 Å². The Morgan fingerprint density at radius 1 is 1.24 bits per heavy atom. The van der Waals surface area contributed by atoms with Gasteiger partial charge in [0, 0.05) is 25.1 Å². The van der Waals surface area contributed by atoms with Gasteiger partial charge in [-0.25, -0.2) is 0 Å².